The average molecular weight is 244 g/mol. The zero-order valence-corrected chi connectivity index (χ0v) is 11.9. The van der Waals surface area contributed by atoms with Crippen LogP contribution in [0.25, 0.3) is 0 Å². The smallest absolute Gasteiger partial charge is 0.0640 e. The molecule has 0 aliphatic heterocycles. The van der Waals surface area contributed by atoms with Crippen molar-refractivity contribution in [2.75, 3.05) is 27.4 Å². The Labute approximate surface area is 105 Å². The molecule has 0 bridgehead atoms. The van der Waals surface area contributed by atoms with Gasteiger partial charge in [0.1, 0.15) is 0 Å². The van der Waals surface area contributed by atoms with Crippen LogP contribution in [0, 0.1) is 23.2 Å². The summed E-state index contributed by atoms with van der Waals surface area (Å²) in [7, 11) is 3.41. The maximum Gasteiger partial charge on any atom is 0.0640 e. The molecule has 102 valence electrons. The third-order valence-electron chi connectivity index (χ3n) is 4.13. The molecule has 0 spiro atoms. The summed E-state index contributed by atoms with van der Waals surface area (Å²) in [5, 5.41) is 10.3. The fraction of sp³-hybridized carbons (Fsp3) is 1.00. The van der Waals surface area contributed by atoms with E-state index in [9.17, 15) is 5.11 Å². The monoisotopic (exact) mass is 244 g/mol. The van der Waals surface area contributed by atoms with E-state index in [0.29, 0.717) is 19.1 Å². The van der Waals surface area contributed by atoms with Crippen LogP contribution in [-0.2, 0) is 9.47 Å². The second-order valence-corrected chi connectivity index (χ2v) is 6.46. The van der Waals surface area contributed by atoms with Crippen LogP contribution in [0.4, 0.5) is 0 Å². The van der Waals surface area contributed by atoms with Gasteiger partial charge < -0.3 is 14.6 Å². The minimum absolute atomic E-state index is 0.248. The molecule has 2 unspecified atom stereocenters. The lowest BCUT2D eigenvalue weighted by Gasteiger charge is -2.44. The van der Waals surface area contributed by atoms with Gasteiger partial charge in [0.15, 0.2) is 0 Å². The van der Waals surface area contributed by atoms with E-state index in [1.54, 1.807) is 14.2 Å². The molecule has 1 saturated carbocycles. The first kappa shape index (κ1) is 14.9. The summed E-state index contributed by atoms with van der Waals surface area (Å²) in [6, 6.07) is 0. The normalized spacial score (nSPS) is 34.9. The second-order valence-electron chi connectivity index (χ2n) is 6.46. The van der Waals surface area contributed by atoms with Crippen molar-refractivity contribution in [1.29, 1.82) is 0 Å². The summed E-state index contributed by atoms with van der Waals surface area (Å²) in [6.07, 6.45) is 1.82. The molecule has 1 fully saturated rings. The molecule has 2 atom stereocenters. The molecule has 17 heavy (non-hydrogen) atoms. The Hall–Kier alpha value is -0.120. The Morgan fingerprint density at radius 3 is 1.71 bits per heavy atom. The van der Waals surface area contributed by atoms with Crippen LogP contribution >= 0.6 is 0 Å². The highest BCUT2D eigenvalue weighted by Gasteiger charge is 2.40. The Balaban J connectivity index is 2.73. The van der Waals surface area contributed by atoms with Gasteiger partial charge in [-0.1, -0.05) is 20.8 Å². The first-order valence-corrected chi connectivity index (χ1v) is 6.56. The number of rotatable bonds is 4. The zero-order valence-electron chi connectivity index (χ0n) is 11.9. The molecule has 0 aromatic rings. The third-order valence-corrected chi connectivity index (χ3v) is 4.13. The summed E-state index contributed by atoms with van der Waals surface area (Å²) in [5.74, 6) is 1.13. The van der Waals surface area contributed by atoms with E-state index in [-0.39, 0.29) is 23.4 Å². The van der Waals surface area contributed by atoms with Crippen LogP contribution in [0.15, 0.2) is 0 Å². The fourth-order valence-corrected chi connectivity index (χ4v) is 2.96. The number of hydrogen-bond donors (Lipinski definition) is 1. The molecular weight excluding hydrogens is 216 g/mol. The van der Waals surface area contributed by atoms with Crippen molar-refractivity contribution in [3.05, 3.63) is 0 Å². The van der Waals surface area contributed by atoms with Gasteiger partial charge >= 0.3 is 0 Å². The highest BCUT2D eigenvalue weighted by molar-refractivity contribution is 4.90. The lowest BCUT2D eigenvalue weighted by Crippen LogP contribution is -2.44. The van der Waals surface area contributed by atoms with E-state index in [1.807, 2.05) is 0 Å². The van der Waals surface area contributed by atoms with Gasteiger partial charge in [-0.25, -0.2) is 0 Å². The number of ether oxygens (including phenoxy) is 2. The number of methoxy groups -OCH3 is 2. The van der Waals surface area contributed by atoms with Crippen LogP contribution in [0.1, 0.15) is 33.6 Å². The van der Waals surface area contributed by atoms with Crippen LogP contribution in [-0.4, -0.2) is 38.6 Å². The summed E-state index contributed by atoms with van der Waals surface area (Å²) >= 11 is 0. The SMILES string of the molecule is COCC1CC(C(C)(C)C)CC(COC)C1O. The molecule has 1 rings (SSSR count). The molecule has 1 aliphatic carbocycles. The van der Waals surface area contributed by atoms with E-state index < -0.39 is 0 Å². The van der Waals surface area contributed by atoms with E-state index >= 15 is 0 Å². The molecule has 3 heteroatoms. The van der Waals surface area contributed by atoms with Crippen molar-refractivity contribution >= 4 is 0 Å². The third kappa shape index (κ3) is 3.94. The van der Waals surface area contributed by atoms with Crippen molar-refractivity contribution in [2.24, 2.45) is 23.2 Å². The Bertz CT molecular complexity index is 206. The van der Waals surface area contributed by atoms with Crippen LogP contribution in [0.5, 0.6) is 0 Å². The molecule has 0 heterocycles. The predicted molar refractivity (Wildman–Crippen MR) is 68.9 cm³/mol. The van der Waals surface area contributed by atoms with Gasteiger partial charge in [-0.05, 0) is 24.2 Å². The molecule has 0 amide bonds. The summed E-state index contributed by atoms with van der Waals surface area (Å²) < 4.78 is 10.5. The van der Waals surface area contributed by atoms with Crippen molar-refractivity contribution in [2.45, 2.75) is 39.7 Å². The molecule has 0 saturated heterocycles. The topological polar surface area (TPSA) is 38.7 Å². The number of hydrogen-bond acceptors (Lipinski definition) is 3. The van der Waals surface area contributed by atoms with Crippen LogP contribution in [0.2, 0.25) is 0 Å². The van der Waals surface area contributed by atoms with Gasteiger partial charge in [0.2, 0.25) is 0 Å². The zero-order chi connectivity index (χ0) is 13.1. The van der Waals surface area contributed by atoms with Crippen molar-refractivity contribution in [3.8, 4) is 0 Å². The van der Waals surface area contributed by atoms with Crippen molar-refractivity contribution in [1.82, 2.24) is 0 Å². The highest BCUT2D eigenvalue weighted by atomic mass is 16.5. The minimum Gasteiger partial charge on any atom is -0.392 e. The van der Waals surface area contributed by atoms with E-state index in [4.69, 9.17) is 9.47 Å². The maximum atomic E-state index is 10.3. The molecular formula is C14H28O3. The largest absolute Gasteiger partial charge is 0.392 e. The lowest BCUT2D eigenvalue weighted by atomic mass is 9.65. The van der Waals surface area contributed by atoms with Crippen molar-refractivity contribution in [3.63, 3.8) is 0 Å². The Morgan fingerprint density at radius 2 is 1.41 bits per heavy atom. The van der Waals surface area contributed by atoms with E-state index in [2.05, 4.69) is 20.8 Å². The lowest BCUT2D eigenvalue weighted by molar-refractivity contribution is -0.0727. The fourth-order valence-electron chi connectivity index (χ4n) is 2.96. The molecule has 3 nitrogen and oxygen atoms in total. The summed E-state index contributed by atoms with van der Waals surface area (Å²) in [5.41, 5.74) is 0.290. The highest BCUT2D eigenvalue weighted by Crippen LogP contribution is 2.43. The van der Waals surface area contributed by atoms with E-state index in [0.717, 1.165) is 12.8 Å². The van der Waals surface area contributed by atoms with Crippen LogP contribution < -0.4 is 0 Å². The standard InChI is InChI=1S/C14H28O3/c1-14(2,3)12-6-10(8-16-4)13(15)11(7-12)9-17-5/h10-13,15H,6-9H2,1-5H3. The van der Waals surface area contributed by atoms with Crippen LogP contribution in [0.3, 0.4) is 0 Å². The summed E-state index contributed by atoms with van der Waals surface area (Å²) in [6.45, 7) is 8.14. The Morgan fingerprint density at radius 1 is 1.00 bits per heavy atom. The first-order chi connectivity index (χ1) is 7.90. The minimum atomic E-state index is -0.284. The van der Waals surface area contributed by atoms with E-state index in [1.165, 1.54) is 0 Å². The quantitative estimate of drug-likeness (QED) is 0.825. The maximum absolute atomic E-state index is 10.3. The first-order valence-electron chi connectivity index (χ1n) is 6.56. The van der Waals surface area contributed by atoms with Crippen molar-refractivity contribution < 1.29 is 14.6 Å². The molecule has 1 aliphatic rings. The summed E-state index contributed by atoms with van der Waals surface area (Å²) in [4.78, 5) is 0. The second kappa shape index (κ2) is 6.17. The molecule has 0 aromatic heterocycles. The predicted octanol–water partition coefficient (Wildman–Crippen LogP) is 2.33. The van der Waals surface area contributed by atoms with Gasteiger partial charge in [0.25, 0.3) is 0 Å². The number of aliphatic hydroxyl groups excluding tert-OH is 1. The number of aliphatic hydroxyl groups is 1. The van der Waals surface area contributed by atoms with Gasteiger partial charge in [-0.3, -0.25) is 0 Å². The van der Waals surface area contributed by atoms with Gasteiger partial charge in [0, 0.05) is 26.1 Å². The van der Waals surface area contributed by atoms with Gasteiger partial charge in [0.05, 0.1) is 19.3 Å². The average Bonchev–Trinajstić information content (AvgIpc) is 2.22. The van der Waals surface area contributed by atoms with Gasteiger partial charge in [-0.15, -0.1) is 0 Å². The molecule has 0 radical (unpaired) electrons. The Kier molecular flexibility index (Phi) is 5.42. The molecule has 0 aromatic carbocycles. The van der Waals surface area contributed by atoms with Gasteiger partial charge in [-0.2, -0.15) is 0 Å². The molecule has 1 N–H and O–H groups in total.